The van der Waals surface area contributed by atoms with Gasteiger partial charge in [0, 0.05) is 12.6 Å². The first-order valence-electron chi connectivity index (χ1n) is 5.09. The molecule has 0 spiro atoms. The number of hydrogen-bond acceptors (Lipinski definition) is 3. The van der Waals surface area contributed by atoms with Crippen molar-refractivity contribution in [3.8, 4) is 0 Å². The number of aliphatic hydroxyl groups excluding tert-OH is 1. The van der Waals surface area contributed by atoms with Crippen molar-refractivity contribution in [3.05, 3.63) is 34.1 Å². The normalized spacial score (nSPS) is 14.2. The fraction of sp³-hybridized carbons (Fsp3) is 0.364. The van der Waals surface area contributed by atoms with Crippen molar-refractivity contribution < 1.29 is 14.3 Å². The molecular weight excluding hydrogens is 291 g/mol. The third-order valence-electron chi connectivity index (χ3n) is 2.31. The quantitative estimate of drug-likeness (QED) is 0.777. The van der Waals surface area contributed by atoms with Gasteiger partial charge in [0.15, 0.2) is 0 Å². The van der Waals surface area contributed by atoms with Crippen LogP contribution < -0.4 is 11.1 Å². The summed E-state index contributed by atoms with van der Waals surface area (Å²) in [6, 6.07) is 3.65. The second-order valence-electron chi connectivity index (χ2n) is 3.72. The molecule has 94 valence electrons. The number of aliphatic hydroxyl groups is 1. The summed E-state index contributed by atoms with van der Waals surface area (Å²) in [4.78, 5) is 11.7. The topological polar surface area (TPSA) is 75.3 Å². The Kier molecular flexibility index (Phi) is 5.04. The van der Waals surface area contributed by atoms with Gasteiger partial charge in [-0.3, -0.25) is 4.79 Å². The van der Waals surface area contributed by atoms with E-state index >= 15 is 0 Å². The largest absolute Gasteiger partial charge is 0.392 e. The van der Waals surface area contributed by atoms with E-state index in [-0.39, 0.29) is 16.6 Å². The molecule has 4 nitrogen and oxygen atoms in total. The second kappa shape index (κ2) is 6.09. The monoisotopic (exact) mass is 304 g/mol. The Morgan fingerprint density at radius 1 is 1.65 bits per heavy atom. The van der Waals surface area contributed by atoms with Crippen LogP contribution in [0.15, 0.2) is 22.7 Å². The van der Waals surface area contributed by atoms with Gasteiger partial charge in [0.1, 0.15) is 5.82 Å². The lowest BCUT2D eigenvalue weighted by molar-refractivity contribution is 0.0936. The summed E-state index contributed by atoms with van der Waals surface area (Å²) in [5.41, 5.74) is 5.76. The van der Waals surface area contributed by atoms with E-state index in [1.807, 2.05) is 0 Å². The fourth-order valence-electron chi connectivity index (χ4n) is 1.16. The van der Waals surface area contributed by atoms with Crippen LogP contribution in [0.1, 0.15) is 17.3 Å². The molecule has 1 aromatic rings. The maximum Gasteiger partial charge on any atom is 0.252 e. The number of benzene rings is 1. The molecule has 0 heterocycles. The van der Waals surface area contributed by atoms with Gasteiger partial charge in [-0.15, -0.1) is 0 Å². The van der Waals surface area contributed by atoms with Gasteiger partial charge >= 0.3 is 0 Å². The average molecular weight is 305 g/mol. The first-order valence-corrected chi connectivity index (χ1v) is 5.88. The highest BCUT2D eigenvalue weighted by Gasteiger charge is 2.15. The number of nitrogens with two attached hydrogens (primary N) is 1. The lowest BCUT2D eigenvalue weighted by Crippen LogP contribution is -2.43. The average Bonchev–Trinajstić information content (AvgIpc) is 2.29. The molecule has 1 aromatic carbocycles. The van der Waals surface area contributed by atoms with Gasteiger partial charge < -0.3 is 16.2 Å². The summed E-state index contributed by atoms with van der Waals surface area (Å²) < 4.78 is 13.3. The lowest BCUT2D eigenvalue weighted by atomic mass is 10.1. The Labute approximate surface area is 107 Å². The smallest absolute Gasteiger partial charge is 0.252 e. The Hall–Kier alpha value is -0.980. The van der Waals surface area contributed by atoms with Crippen molar-refractivity contribution in [2.75, 3.05) is 6.54 Å². The van der Waals surface area contributed by atoms with Crippen LogP contribution >= 0.6 is 15.9 Å². The minimum Gasteiger partial charge on any atom is -0.392 e. The Morgan fingerprint density at radius 3 is 2.88 bits per heavy atom. The van der Waals surface area contributed by atoms with Crippen molar-refractivity contribution in [2.24, 2.45) is 5.73 Å². The summed E-state index contributed by atoms with van der Waals surface area (Å²) in [7, 11) is 0. The Morgan fingerprint density at radius 2 is 2.29 bits per heavy atom. The van der Waals surface area contributed by atoms with Crippen molar-refractivity contribution in [1.82, 2.24) is 5.32 Å². The third-order valence-corrected chi connectivity index (χ3v) is 3.12. The standard InChI is InChI=1S/C11H14BrFN2O2/c1-6(16)9(14)5-15-11(17)7-3-2-4-8(13)10(7)12/h2-4,6,9,16H,5,14H2,1H3,(H,15,17). The minimum atomic E-state index is -0.716. The molecule has 0 aliphatic rings. The molecule has 0 bridgehead atoms. The van der Waals surface area contributed by atoms with Crippen LogP contribution in [0.25, 0.3) is 0 Å². The van der Waals surface area contributed by atoms with E-state index in [0.717, 1.165) is 0 Å². The summed E-state index contributed by atoms with van der Waals surface area (Å²) in [5, 5.41) is 11.7. The number of carbonyl (C=O) groups excluding carboxylic acids is 1. The molecule has 1 rings (SSSR count). The van der Waals surface area contributed by atoms with Crippen LogP contribution in [0.5, 0.6) is 0 Å². The van der Waals surface area contributed by atoms with Gasteiger partial charge in [-0.1, -0.05) is 6.07 Å². The SMILES string of the molecule is CC(O)C(N)CNC(=O)c1cccc(F)c1Br. The summed E-state index contributed by atoms with van der Waals surface area (Å²) in [6.45, 7) is 1.66. The first-order chi connectivity index (χ1) is 7.93. The van der Waals surface area contributed by atoms with Crippen molar-refractivity contribution in [2.45, 2.75) is 19.1 Å². The van der Waals surface area contributed by atoms with Gasteiger partial charge in [-0.25, -0.2) is 4.39 Å². The zero-order chi connectivity index (χ0) is 13.0. The Bertz CT molecular complexity index is 412. The number of amides is 1. The van der Waals surface area contributed by atoms with Crippen LogP contribution in [0.4, 0.5) is 4.39 Å². The molecule has 2 atom stereocenters. The zero-order valence-electron chi connectivity index (χ0n) is 9.28. The number of nitrogens with one attached hydrogen (secondary N) is 1. The maximum absolute atomic E-state index is 13.2. The van der Waals surface area contributed by atoms with E-state index in [4.69, 9.17) is 10.8 Å². The Balaban J connectivity index is 2.68. The van der Waals surface area contributed by atoms with Crippen LogP contribution in [-0.2, 0) is 0 Å². The number of carbonyl (C=O) groups is 1. The minimum absolute atomic E-state index is 0.114. The number of hydrogen-bond donors (Lipinski definition) is 3. The van der Waals surface area contributed by atoms with E-state index in [9.17, 15) is 9.18 Å². The molecule has 0 saturated heterocycles. The molecule has 2 unspecified atom stereocenters. The zero-order valence-corrected chi connectivity index (χ0v) is 10.9. The molecule has 17 heavy (non-hydrogen) atoms. The predicted octanol–water partition coefficient (Wildman–Crippen LogP) is 1.03. The number of halogens is 2. The van der Waals surface area contributed by atoms with E-state index < -0.39 is 23.9 Å². The maximum atomic E-state index is 13.2. The summed E-state index contributed by atoms with van der Waals surface area (Å²) >= 11 is 3.00. The molecule has 0 fully saturated rings. The molecule has 1 amide bonds. The van der Waals surface area contributed by atoms with Gasteiger partial charge in [-0.2, -0.15) is 0 Å². The van der Waals surface area contributed by atoms with E-state index in [1.165, 1.54) is 25.1 Å². The molecule has 0 radical (unpaired) electrons. The van der Waals surface area contributed by atoms with Gasteiger partial charge in [0.25, 0.3) is 5.91 Å². The number of rotatable bonds is 4. The predicted molar refractivity (Wildman–Crippen MR) is 66.1 cm³/mol. The van der Waals surface area contributed by atoms with E-state index in [0.29, 0.717) is 0 Å². The highest BCUT2D eigenvalue weighted by Crippen LogP contribution is 2.20. The molecule has 0 aliphatic heterocycles. The highest BCUT2D eigenvalue weighted by molar-refractivity contribution is 9.10. The lowest BCUT2D eigenvalue weighted by Gasteiger charge is -2.15. The van der Waals surface area contributed by atoms with E-state index in [2.05, 4.69) is 21.2 Å². The highest BCUT2D eigenvalue weighted by atomic mass is 79.9. The fourth-order valence-corrected chi connectivity index (χ4v) is 1.60. The van der Waals surface area contributed by atoms with Crippen LogP contribution in [0, 0.1) is 5.82 Å². The second-order valence-corrected chi connectivity index (χ2v) is 4.51. The van der Waals surface area contributed by atoms with Gasteiger partial charge in [0.05, 0.1) is 16.1 Å². The van der Waals surface area contributed by atoms with Crippen LogP contribution in [0.2, 0.25) is 0 Å². The summed E-state index contributed by atoms with van der Waals surface area (Å²) in [6.07, 6.45) is -0.716. The molecule has 0 aromatic heterocycles. The third kappa shape index (κ3) is 3.76. The molecular formula is C11H14BrFN2O2. The van der Waals surface area contributed by atoms with E-state index in [1.54, 1.807) is 0 Å². The van der Waals surface area contributed by atoms with Crippen LogP contribution in [0.3, 0.4) is 0 Å². The molecule has 0 aliphatic carbocycles. The summed E-state index contributed by atoms with van der Waals surface area (Å²) in [5.74, 6) is -0.940. The van der Waals surface area contributed by atoms with Crippen LogP contribution in [-0.4, -0.2) is 29.7 Å². The van der Waals surface area contributed by atoms with Crippen molar-refractivity contribution >= 4 is 21.8 Å². The first kappa shape index (κ1) is 14.1. The molecule has 4 N–H and O–H groups in total. The van der Waals surface area contributed by atoms with Crippen molar-refractivity contribution in [1.29, 1.82) is 0 Å². The molecule has 6 heteroatoms. The van der Waals surface area contributed by atoms with Gasteiger partial charge in [0.2, 0.25) is 0 Å². The van der Waals surface area contributed by atoms with Crippen molar-refractivity contribution in [3.63, 3.8) is 0 Å². The van der Waals surface area contributed by atoms with Gasteiger partial charge in [-0.05, 0) is 35.0 Å². The molecule has 0 saturated carbocycles.